The SMILES string of the molecule is CC=C(C)c1ccnc(-c2nc3nc(C(=O)O)nc(NC(C)C4CCC4)c3n2Cc2ccc(C(F)(F)F)cc2)c1. The van der Waals surface area contributed by atoms with Gasteiger partial charge in [0.1, 0.15) is 11.2 Å². The Labute approximate surface area is 229 Å². The summed E-state index contributed by atoms with van der Waals surface area (Å²) < 4.78 is 41.4. The number of anilines is 1. The van der Waals surface area contributed by atoms with Gasteiger partial charge in [0.15, 0.2) is 17.3 Å². The molecule has 2 N–H and O–H groups in total. The smallest absolute Gasteiger partial charge is 0.416 e. The fourth-order valence-electron chi connectivity index (χ4n) is 4.80. The maximum atomic E-state index is 13.2. The summed E-state index contributed by atoms with van der Waals surface area (Å²) in [6.45, 7) is 6.07. The average molecular weight is 551 g/mol. The van der Waals surface area contributed by atoms with Gasteiger partial charge in [-0.2, -0.15) is 13.2 Å². The predicted molar refractivity (Wildman–Crippen MR) is 146 cm³/mol. The van der Waals surface area contributed by atoms with E-state index in [4.69, 9.17) is 4.98 Å². The Morgan fingerprint density at radius 3 is 2.50 bits per heavy atom. The first-order chi connectivity index (χ1) is 19.0. The molecule has 8 nitrogen and oxygen atoms in total. The van der Waals surface area contributed by atoms with Gasteiger partial charge in [-0.1, -0.05) is 24.6 Å². The molecule has 40 heavy (non-hydrogen) atoms. The molecule has 1 fully saturated rings. The monoisotopic (exact) mass is 550 g/mol. The highest BCUT2D eigenvalue weighted by Crippen LogP contribution is 2.34. The Morgan fingerprint density at radius 2 is 1.90 bits per heavy atom. The Hall–Kier alpha value is -4.28. The highest BCUT2D eigenvalue weighted by Gasteiger charge is 2.30. The van der Waals surface area contributed by atoms with Crippen LogP contribution in [0.2, 0.25) is 0 Å². The molecular formula is C29H29F3N6O2. The zero-order chi connectivity index (χ0) is 28.6. The van der Waals surface area contributed by atoms with Crippen LogP contribution in [0.1, 0.15) is 67.3 Å². The number of allylic oxidation sites excluding steroid dienone is 2. The predicted octanol–water partition coefficient (Wildman–Crippen LogP) is 6.68. The van der Waals surface area contributed by atoms with E-state index in [9.17, 15) is 23.1 Å². The molecule has 1 aromatic carbocycles. The van der Waals surface area contributed by atoms with E-state index in [1.54, 1.807) is 10.8 Å². The van der Waals surface area contributed by atoms with E-state index in [1.165, 1.54) is 12.1 Å². The molecule has 0 radical (unpaired) electrons. The maximum absolute atomic E-state index is 13.2. The average Bonchev–Trinajstić information content (AvgIpc) is 3.25. The Morgan fingerprint density at radius 1 is 1.18 bits per heavy atom. The second-order valence-electron chi connectivity index (χ2n) is 10.1. The third-order valence-electron chi connectivity index (χ3n) is 7.51. The summed E-state index contributed by atoms with van der Waals surface area (Å²) in [6, 6.07) is 8.68. The molecule has 0 saturated heterocycles. The number of rotatable bonds is 8. The summed E-state index contributed by atoms with van der Waals surface area (Å²) in [4.78, 5) is 29.7. The molecule has 3 heterocycles. The molecule has 208 valence electrons. The van der Waals surface area contributed by atoms with Crippen LogP contribution in [0.15, 0.2) is 48.7 Å². The molecular weight excluding hydrogens is 521 g/mol. The number of nitrogens with one attached hydrogen (secondary N) is 1. The molecule has 0 amide bonds. The molecule has 0 bridgehead atoms. The van der Waals surface area contributed by atoms with Gasteiger partial charge in [-0.3, -0.25) is 4.98 Å². The summed E-state index contributed by atoms with van der Waals surface area (Å²) in [5.74, 6) is -0.548. The number of benzene rings is 1. The van der Waals surface area contributed by atoms with Crippen molar-refractivity contribution in [3.05, 3.63) is 71.2 Å². The molecule has 0 spiro atoms. The van der Waals surface area contributed by atoms with E-state index in [-0.39, 0.29) is 18.2 Å². The van der Waals surface area contributed by atoms with Gasteiger partial charge in [-0.05, 0) is 80.5 Å². The summed E-state index contributed by atoms with van der Waals surface area (Å²) in [7, 11) is 0. The number of halogens is 3. The molecule has 5 rings (SSSR count). The van der Waals surface area contributed by atoms with Gasteiger partial charge in [0, 0.05) is 18.8 Å². The molecule has 1 aliphatic rings. The number of carbonyl (C=O) groups is 1. The molecule has 0 aliphatic heterocycles. The van der Waals surface area contributed by atoms with Gasteiger partial charge in [-0.15, -0.1) is 0 Å². The van der Waals surface area contributed by atoms with Crippen LogP contribution in [0.3, 0.4) is 0 Å². The van der Waals surface area contributed by atoms with Crippen molar-refractivity contribution in [1.82, 2.24) is 24.5 Å². The van der Waals surface area contributed by atoms with Crippen LogP contribution >= 0.6 is 0 Å². The van der Waals surface area contributed by atoms with E-state index >= 15 is 0 Å². The lowest BCUT2D eigenvalue weighted by atomic mass is 9.80. The molecule has 1 unspecified atom stereocenters. The Kier molecular flexibility index (Phi) is 7.31. The first kappa shape index (κ1) is 27.3. The second-order valence-corrected chi connectivity index (χ2v) is 10.1. The van der Waals surface area contributed by atoms with Crippen molar-refractivity contribution in [2.24, 2.45) is 5.92 Å². The van der Waals surface area contributed by atoms with Crippen molar-refractivity contribution < 1.29 is 23.1 Å². The molecule has 4 aromatic rings. The summed E-state index contributed by atoms with van der Waals surface area (Å²) >= 11 is 0. The van der Waals surface area contributed by atoms with Crippen LogP contribution in [0.25, 0.3) is 28.3 Å². The van der Waals surface area contributed by atoms with Crippen molar-refractivity contribution in [3.8, 4) is 11.5 Å². The van der Waals surface area contributed by atoms with Gasteiger partial charge < -0.3 is 15.0 Å². The van der Waals surface area contributed by atoms with Crippen LogP contribution < -0.4 is 5.32 Å². The van der Waals surface area contributed by atoms with Gasteiger partial charge in [0.05, 0.1) is 5.56 Å². The number of hydrogen-bond acceptors (Lipinski definition) is 6. The van der Waals surface area contributed by atoms with Crippen molar-refractivity contribution in [1.29, 1.82) is 0 Å². The van der Waals surface area contributed by atoms with E-state index in [0.29, 0.717) is 34.3 Å². The minimum Gasteiger partial charge on any atom is -0.475 e. The van der Waals surface area contributed by atoms with Gasteiger partial charge in [0.2, 0.25) is 5.82 Å². The molecule has 3 aromatic heterocycles. The highest BCUT2D eigenvalue weighted by atomic mass is 19.4. The van der Waals surface area contributed by atoms with Gasteiger partial charge in [0.25, 0.3) is 0 Å². The minimum atomic E-state index is -4.45. The number of alkyl halides is 3. The number of hydrogen-bond donors (Lipinski definition) is 2. The largest absolute Gasteiger partial charge is 0.475 e. The van der Waals surface area contributed by atoms with Crippen molar-refractivity contribution in [2.75, 3.05) is 5.32 Å². The van der Waals surface area contributed by atoms with E-state index in [2.05, 4.69) is 20.3 Å². The van der Waals surface area contributed by atoms with Crippen LogP contribution in [-0.4, -0.2) is 41.6 Å². The lowest BCUT2D eigenvalue weighted by Gasteiger charge is -2.32. The van der Waals surface area contributed by atoms with Crippen LogP contribution in [-0.2, 0) is 12.7 Å². The maximum Gasteiger partial charge on any atom is 0.416 e. The lowest BCUT2D eigenvalue weighted by molar-refractivity contribution is -0.137. The number of imidazole rings is 1. The van der Waals surface area contributed by atoms with E-state index < -0.39 is 23.5 Å². The first-order valence-electron chi connectivity index (χ1n) is 13.1. The highest BCUT2D eigenvalue weighted by molar-refractivity contribution is 5.92. The third-order valence-corrected chi connectivity index (χ3v) is 7.51. The molecule has 1 aliphatic carbocycles. The second kappa shape index (κ2) is 10.7. The number of pyridine rings is 1. The van der Waals surface area contributed by atoms with Crippen molar-refractivity contribution >= 4 is 28.5 Å². The topological polar surface area (TPSA) is 106 Å². The van der Waals surface area contributed by atoms with E-state index in [1.807, 2.05) is 39.0 Å². The summed E-state index contributed by atoms with van der Waals surface area (Å²) in [5.41, 5.74) is 2.93. The quantitative estimate of drug-likeness (QED) is 0.252. The third kappa shape index (κ3) is 5.41. The molecule has 1 saturated carbocycles. The van der Waals surface area contributed by atoms with Crippen LogP contribution in [0.4, 0.5) is 19.0 Å². The van der Waals surface area contributed by atoms with Gasteiger partial charge in [-0.25, -0.2) is 19.7 Å². The Balaban J connectivity index is 1.70. The summed E-state index contributed by atoms with van der Waals surface area (Å²) in [6.07, 6.45) is 2.44. The normalized spacial score (nSPS) is 15.2. The molecule has 11 heteroatoms. The van der Waals surface area contributed by atoms with Gasteiger partial charge >= 0.3 is 12.1 Å². The van der Waals surface area contributed by atoms with Crippen LogP contribution in [0.5, 0.6) is 0 Å². The number of carboxylic acid groups (broad SMARTS) is 1. The minimum absolute atomic E-state index is 0.0187. The first-order valence-corrected chi connectivity index (χ1v) is 13.1. The zero-order valence-electron chi connectivity index (χ0n) is 22.3. The number of nitrogens with zero attached hydrogens (tertiary/aromatic N) is 5. The number of aromatic nitrogens is 5. The standard InChI is InChI=1S/C29H29F3N6O2/c1-4-16(2)20-12-13-33-22(14-20)27-37-25-23(38(27)15-18-8-10-21(11-9-18)29(30,31)32)24(35-26(36-25)28(39)40)34-17(3)19-6-5-7-19/h4,8-14,17,19H,5-7,15H2,1-3H3,(H,39,40)(H,34,35,36). The fraction of sp³-hybridized carbons (Fsp3) is 0.345. The summed E-state index contributed by atoms with van der Waals surface area (Å²) in [5, 5.41) is 13.1. The van der Waals surface area contributed by atoms with Crippen molar-refractivity contribution in [3.63, 3.8) is 0 Å². The van der Waals surface area contributed by atoms with Crippen molar-refractivity contribution in [2.45, 2.75) is 58.8 Å². The number of carboxylic acids is 1. The lowest BCUT2D eigenvalue weighted by Crippen LogP contribution is -2.31. The van der Waals surface area contributed by atoms with E-state index in [0.717, 1.165) is 42.5 Å². The fourth-order valence-corrected chi connectivity index (χ4v) is 4.80. The number of fused-ring (bicyclic) bond motifs is 1. The van der Waals surface area contributed by atoms with Crippen LogP contribution in [0, 0.1) is 5.92 Å². The number of aromatic carboxylic acids is 1. The zero-order valence-corrected chi connectivity index (χ0v) is 22.3. The Bertz CT molecular complexity index is 1590. The molecule has 1 atom stereocenters.